The van der Waals surface area contributed by atoms with Gasteiger partial charge in [-0.15, -0.1) is 0 Å². The zero-order valence-electron chi connectivity index (χ0n) is 23.0. The van der Waals surface area contributed by atoms with Gasteiger partial charge in [0.25, 0.3) is 11.4 Å². The molecule has 0 saturated carbocycles. The number of carboxylic acid groups (broad SMARTS) is 2. The number of nitro benzene ring substituents is 2. The van der Waals surface area contributed by atoms with Gasteiger partial charge in [-0.3, -0.25) is 20.2 Å². The van der Waals surface area contributed by atoms with Crippen molar-refractivity contribution in [3.05, 3.63) is 111 Å². The molecule has 0 amide bonds. The molecule has 0 aliphatic rings. The first-order valence-electron chi connectivity index (χ1n) is 12.5. The Morgan fingerprint density at radius 1 is 0.592 bits per heavy atom. The number of aromatic carboxylic acids is 2. The number of halogens is 10. The van der Waals surface area contributed by atoms with E-state index in [-0.39, 0.29) is 0 Å². The molecule has 0 fully saturated rings. The largest absolute Gasteiger partial charge is 0.477 e. The summed E-state index contributed by atoms with van der Waals surface area (Å²) in [4.78, 5) is 46.1. The van der Waals surface area contributed by atoms with Crippen molar-refractivity contribution in [2.75, 3.05) is 0 Å². The molecule has 0 bridgehead atoms. The summed E-state index contributed by atoms with van der Waals surface area (Å²) in [5.74, 6) is -5.75. The third-order valence-electron chi connectivity index (χ3n) is 6.57. The lowest BCUT2D eigenvalue weighted by atomic mass is 9.94. The van der Waals surface area contributed by atoms with Crippen LogP contribution >= 0.6 is 46.4 Å². The van der Waals surface area contributed by atoms with Crippen LogP contribution in [0, 0.1) is 20.2 Å². The molecule has 0 aliphatic heterocycles. The van der Waals surface area contributed by atoms with E-state index < -0.39 is 122 Å². The molecule has 4 aromatic rings. The average Bonchev–Trinajstić information content (AvgIpc) is 2.95. The standard InChI is InChI=1S/C28H10Cl4F6N2O9/c29-11-5-9(27(33,34)35)6-12(30)19(11)23-17(3-1-15(39(45)46)21(23)25(41)42)49-18-4-2-16(40(47)48)22(26(43)44)24(18)20-13(31)7-10(8-14(20)32)28(36,37)38/h1-8H,(H,41,42)(H,43,44). The molecule has 0 aliphatic carbocycles. The fourth-order valence-electron chi connectivity index (χ4n) is 4.62. The van der Waals surface area contributed by atoms with Crippen LogP contribution in [-0.4, -0.2) is 32.0 Å². The molecular weight excluding hydrogens is 764 g/mol. The minimum atomic E-state index is -5.02. The maximum Gasteiger partial charge on any atom is 0.416 e. The van der Waals surface area contributed by atoms with Crippen molar-refractivity contribution in [2.45, 2.75) is 12.4 Å². The summed E-state index contributed by atoms with van der Waals surface area (Å²) in [6.45, 7) is 0. The summed E-state index contributed by atoms with van der Waals surface area (Å²) in [7, 11) is 0. The van der Waals surface area contributed by atoms with E-state index >= 15 is 0 Å². The number of hydrogen-bond acceptors (Lipinski definition) is 7. The van der Waals surface area contributed by atoms with Gasteiger partial charge in [-0.1, -0.05) is 46.4 Å². The first-order chi connectivity index (χ1) is 22.6. The van der Waals surface area contributed by atoms with Crippen LogP contribution in [0.25, 0.3) is 22.3 Å². The molecule has 0 saturated heterocycles. The summed E-state index contributed by atoms with van der Waals surface area (Å²) in [6, 6.07) is 3.86. The van der Waals surface area contributed by atoms with Gasteiger partial charge >= 0.3 is 24.3 Å². The van der Waals surface area contributed by atoms with Crippen molar-refractivity contribution in [3.63, 3.8) is 0 Å². The fraction of sp³-hybridized carbons (Fsp3) is 0.0714. The van der Waals surface area contributed by atoms with Gasteiger partial charge in [-0.2, -0.15) is 26.3 Å². The smallest absolute Gasteiger partial charge is 0.416 e. The maximum atomic E-state index is 13.5. The van der Waals surface area contributed by atoms with Gasteiger partial charge < -0.3 is 14.9 Å². The van der Waals surface area contributed by atoms with E-state index in [0.29, 0.717) is 48.5 Å². The minimum Gasteiger partial charge on any atom is -0.477 e. The number of nitrogens with zero attached hydrogens (tertiary/aromatic N) is 2. The fourth-order valence-corrected chi connectivity index (χ4v) is 5.97. The lowest BCUT2D eigenvalue weighted by molar-refractivity contribution is -0.385. The van der Waals surface area contributed by atoms with Crippen molar-refractivity contribution in [1.82, 2.24) is 0 Å². The van der Waals surface area contributed by atoms with Gasteiger partial charge in [-0.05, 0) is 36.4 Å². The molecule has 0 unspecified atom stereocenters. The highest BCUT2D eigenvalue weighted by Gasteiger charge is 2.38. The number of alkyl halides is 6. The van der Waals surface area contributed by atoms with Crippen LogP contribution in [0.4, 0.5) is 37.7 Å². The first-order valence-corrected chi connectivity index (χ1v) is 14.0. The van der Waals surface area contributed by atoms with Crippen LogP contribution < -0.4 is 4.74 Å². The highest BCUT2D eigenvalue weighted by molar-refractivity contribution is 6.40. The van der Waals surface area contributed by atoms with Crippen LogP contribution in [-0.2, 0) is 12.4 Å². The van der Waals surface area contributed by atoms with Gasteiger partial charge in [0, 0.05) is 34.4 Å². The van der Waals surface area contributed by atoms with Crippen LogP contribution in [0.2, 0.25) is 20.1 Å². The van der Waals surface area contributed by atoms with E-state index in [9.17, 15) is 66.4 Å². The van der Waals surface area contributed by atoms with Crippen molar-refractivity contribution >= 4 is 69.7 Å². The number of ether oxygens (including phenoxy) is 1. The highest BCUT2D eigenvalue weighted by atomic mass is 35.5. The molecule has 21 heteroatoms. The number of nitro groups is 2. The number of benzene rings is 4. The number of rotatable bonds is 8. The Balaban J connectivity index is 2.17. The zero-order chi connectivity index (χ0) is 36.9. The SMILES string of the molecule is O=C(O)c1c([N+](=O)[O-])ccc(Oc2ccc([N+](=O)[O-])c(C(=O)O)c2-c2c(Cl)cc(C(F)(F)F)cc2Cl)c1-c1c(Cl)cc(C(F)(F)F)cc1Cl. The molecular formula is C28H10Cl4F6N2O9. The van der Waals surface area contributed by atoms with Crippen molar-refractivity contribution < 1.29 is 60.7 Å². The number of carbonyl (C=O) groups is 2. The summed E-state index contributed by atoms with van der Waals surface area (Å²) < 4.78 is 86.6. The third kappa shape index (κ3) is 7.15. The lowest BCUT2D eigenvalue weighted by Gasteiger charge is -2.21. The molecule has 256 valence electrons. The molecule has 0 heterocycles. The minimum absolute atomic E-state index is 0.318. The monoisotopic (exact) mass is 772 g/mol. The van der Waals surface area contributed by atoms with Crippen LogP contribution in [0.1, 0.15) is 31.8 Å². The summed E-state index contributed by atoms with van der Waals surface area (Å²) >= 11 is 24.5. The highest BCUT2D eigenvalue weighted by Crippen LogP contribution is 2.51. The van der Waals surface area contributed by atoms with E-state index in [0.717, 1.165) is 0 Å². The molecule has 4 aromatic carbocycles. The molecule has 0 radical (unpaired) electrons. The van der Waals surface area contributed by atoms with E-state index in [4.69, 9.17) is 51.1 Å². The van der Waals surface area contributed by atoms with Crippen molar-refractivity contribution in [2.24, 2.45) is 0 Å². The summed E-state index contributed by atoms with van der Waals surface area (Å²) in [6.07, 6.45) is -10.0. The van der Waals surface area contributed by atoms with Gasteiger partial charge in [0.05, 0.1) is 41.1 Å². The van der Waals surface area contributed by atoms with Crippen molar-refractivity contribution in [1.29, 1.82) is 0 Å². The first kappa shape index (κ1) is 37.0. The number of carboxylic acids is 2. The Morgan fingerprint density at radius 3 is 1.10 bits per heavy atom. The average molecular weight is 774 g/mol. The Hall–Kier alpha value is -4.84. The van der Waals surface area contributed by atoms with Gasteiger partial charge in [0.2, 0.25) is 0 Å². The molecule has 0 spiro atoms. The predicted molar refractivity (Wildman–Crippen MR) is 161 cm³/mol. The second-order valence-corrected chi connectivity index (χ2v) is 11.1. The third-order valence-corrected chi connectivity index (χ3v) is 7.76. The number of hydrogen-bond donors (Lipinski definition) is 2. The van der Waals surface area contributed by atoms with Gasteiger partial charge in [-0.25, -0.2) is 9.59 Å². The molecule has 0 aromatic heterocycles. The Bertz CT molecular complexity index is 1910. The molecule has 11 nitrogen and oxygen atoms in total. The second-order valence-electron chi connectivity index (χ2n) is 9.52. The summed E-state index contributed by atoms with van der Waals surface area (Å²) in [5, 5.41) is 40.1. The van der Waals surface area contributed by atoms with Gasteiger partial charge in [0.1, 0.15) is 22.6 Å². The van der Waals surface area contributed by atoms with Gasteiger partial charge in [0.15, 0.2) is 0 Å². The lowest BCUT2D eigenvalue weighted by Crippen LogP contribution is -2.10. The molecule has 49 heavy (non-hydrogen) atoms. The van der Waals surface area contributed by atoms with E-state index in [1.165, 1.54) is 0 Å². The molecule has 4 rings (SSSR count). The predicted octanol–water partition coefficient (Wildman–Crippen LogP) is 10.7. The Morgan fingerprint density at radius 2 is 0.878 bits per heavy atom. The second kappa shape index (κ2) is 13.2. The van der Waals surface area contributed by atoms with E-state index in [1.54, 1.807) is 0 Å². The van der Waals surface area contributed by atoms with Crippen LogP contribution in [0.3, 0.4) is 0 Å². The Kier molecular flexibility index (Phi) is 9.98. The topological polar surface area (TPSA) is 170 Å². The van der Waals surface area contributed by atoms with Crippen LogP contribution in [0.15, 0.2) is 48.5 Å². The van der Waals surface area contributed by atoms with Crippen LogP contribution in [0.5, 0.6) is 11.5 Å². The molecule has 2 N–H and O–H groups in total. The quantitative estimate of drug-likeness (QED) is 0.100. The molecule has 0 atom stereocenters. The maximum absolute atomic E-state index is 13.5. The van der Waals surface area contributed by atoms with Crippen molar-refractivity contribution in [3.8, 4) is 33.8 Å². The zero-order valence-corrected chi connectivity index (χ0v) is 26.1. The van der Waals surface area contributed by atoms with E-state index in [1.807, 2.05) is 0 Å². The summed E-state index contributed by atoms with van der Waals surface area (Å²) in [5.41, 5.74) is -10.9. The van der Waals surface area contributed by atoms with E-state index in [2.05, 4.69) is 0 Å². The normalized spacial score (nSPS) is 11.7. The Labute approximate surface area is 287 Å².